The van der Waals surface area contributed by atoms with Crippen molar-refractivity contribution in [1.82, 2.24) is 4.90 Å². The lowest BCUT2D eigenvalue weighted by Gasteiger charge is -2.23. The first-order valence-corrected chi connectivity index (χ1v) is 7.60. The maximum atomic E-state index is 12.3. The third-order valence-electron chi connectivity index (χ3n) is 3.61. The molecule has 0 aliphatic carbocycles. The number of para-hydroxylation sites is 1. The predicted octanol–water partition coefficient (Wildman–Crippen LogP) is 3.87. The maximum absolute atomic E-state index is 12.3. The standard InChI is InChI=1S/C17H26N2O3/c1-11(2)13-7-6-8-14(12(3)4)16(13)18-17(22)19(5)10-9-15(20)21/h6-8,11-12H,9-10H2,1-5H3,(H,18,22)(H,20,21). The lowest BCUT2D eigenvalue weighted by atomic mass is 9.93. The van der Waals surface area contributed by atoms with E-state index in [1.54, 1.807) is 7.05 Å². The van der Waals surface area contributed by atoms with Crippen molar-refractivity contribution in [3.63, 3.8) is 0 Å². The summed E-state index contributed by atoms with van der Waals surface area (Å²) in [5, 5.41) is 11.7. The number of nitrogens with one attached hydrogen (secondary N) is 1. The summed E-state index contributed by atoms with van der Waals surface area (Å²) in [5.74, 6) is -0.332. The maximum Gasteiger partial charge on any atom is 0.321 e. The smallest absolute Gasteiger partial charge is 0.321 e. The molecule has 0 radical (unpaired) electrons. The van der Waals surface area contributed by atoms with Crippen molar-refractivity contribution < 1.29 is 14.7 Å². The number of anilines is 1. The van der Waals surface area contributed by atoms with Crippen LogP contribution >= 0.6 is 0 Å². The minimum atomic E-state index is -0.912. The van der Waals surface area contributed by atoms with Crippen LogP contribution in [0.5, 0.6) is 0 Å². The molecular formula is C17H26N2O3. The molecule has 0 aliphatic heterocycles. The van der Waals surface area contributed by atoms with Gasteiger partial charge in [0.15, 0.2) is 0 Å². The second-order valence-electron chi connectivity index (χ2n) is 6.12. The number of hydrogen-bond donors (Lipinski definition) is 2. The van der Waals surface area contributed by atoms with Gasteiger partial charge in [0, 0.05) is 19.3 Å². The predicted molar refractivity (Wildman–Crippen MR) is 88.5 cm³/mol. The molecule has 122 valence electrons. The van der Waals surface area contributed by atoms with Crippen LogP contribution in [0.2, 0.25) is 0 Å². The molecule has 5 heteroatoms. The number of benzene rings is 1. The summed E-state index contributed by atoms with van der Waals surface area (Å²) in [7, 11) is 1.60. The van der Waals surface area contributed by atoms with E-state index < -0.39 is 5.97 Å². The minimum absolute atomic E-state index is 0.0627. The number of carbonyl (C=O) groups excluding carboxylic acids is 1. The normalized spacial score (nSPS) is 10.9. The molecule has 0 atom stereocenters. The zero-order valence-electron chi connectivity index (χ0n) is 14.0. The first kappa shape index (κ1) is 18.0. The van der Waals surface area contributed by atoms with Gasteiger partial charge < -0.3 is 15.3 Å². The Bertz CT molecular complexity index is 512. The Hall–Kier alpha value is -2.04. The van der Waals surface area contributed by atoms with Gasteiger partial charge in [0.05, 0.1) is 6.42 Å². The zero-order chi connectivity index (χ0) is 16.9. The summed E-state index contributed by atoms with van der Waals surface area (Å²) in [5.41, 5.74) is 3.03. The van der Waals surface area contributed by atoms with Gasteiger partial charge in [-0.25, -0.2) is 4.79 Å². The molecule has 0 saturated heterocycles. The molecule has 0 unspecified atom stereocenters. The Morgan fingerprint density at radius 1 is 1.14 bits per heavy atom. The number of urea groups is 1. The Morgan fingerprint density at radius 3 is 2.05 bits per heavy atom. The SMILES string of the molecule is CC(C)c1cccc(C(C)C)c1NC(=O)N(C)CCC(=O)O. The number of carbonyl (C=O) groups is 2. The van der Waals surface area contributed by atoms with Crippen molar-refractivity contribution in [3.05, 3.63) is 29.3 Å². The van der Waals surface area contributed by atoms with Crippen LogP contribution in [-0.4, -0.2) is 35.6 Å². The fourth-order valence-electron chi connectivity index (χ4n) is 2.26. The van der Waals surface area contributed by atoms with Crippen LogP contribution in [0.25, 0.3) is 0 Å². The van der Waals surface area contributed by atoms with Crippen molar-refractivity contribution in [2.24, 2.45) is 0 Å². The molecule has 1 aromatic carbocycles. The van der Waals surface area contributed by atoms with Crippen molar-refractivity contribution in [3.8, 4) is 0 Å². The molecule has 0 heterocycles. The molecule has 0 aliphatic rings. The average molecular weight is 306 g/mol. The van der Waals surface area contributed by atoms with Gasteiger partial charge in [-0.15, -0.1) is 0 Å². The van der Waals surface area contributed by atoms with Gasteiger partial charge in [-0.05, 0) is 23.0 Å². The number of carboxylic acid groups (broad SMARTS) is 1. The van der Waals surface area contributed by atoms with E-state index in [1.807, 2.05) is 18.2 Å². The average Bonchev–Trinajstić information content (AvgIpc) is 2.44. The molecule has 0 bridgehead atoms. The number of hydrogen-bond acceptors (Lipinski definition) is 2. The number of nitrogens with zero attached hydrogens (tertiary/aromatic N) is 1. The fourth-order valence-corrected chi connectivity index (χ4v) is 2.26. The van der Waals surface area contributed by atoms with E-state index in [4.69, 9.17) is 5.11 Å². The van der Waals surface area contributed by atoms with Gasteiger partial charge >= 0.3 is 12.0 Å². The molecule has 0 spiro atoms. The minimum Gasteiger partial charge on any atom is -0.481 e. The lowest BCUT2D eigenvalue weighted by Crippen LogP contribution is -2.33. The number of aliphatic carboxylic acids is 1. The summed E-state index contributed by atoms with van der Waals surface area (Å²) in [6.07, 6.45) is -0.0627. The highest BCUT2D eigenvalue weighted by Gasteiger charge is 2.18. The van der Waals surface area contributed by atoms with Gasteiger partial charge in [-0.2, -0.15) is 0 Å². The van der Waals surface area contributed by atoms with E-state index in [2.05, 4.69) is 33.0 Å². The molecule has 2 N–H and O–H groups in total. The molecule has 0 fully saturated rings. The van der Waals surface area contributed by atoms with Gasteiger partial charge in [0.25, 0.3) is 0 Å². The van der Waals surface area contributed by atoms with Gasteiger partial charge in [-0.1, -0.05) is 45.9 Å². The first-order valence-electron chi connectivity index (χ1n) is 7.60. The molecule has 0 aromatic heterocycles. The van der Waals surface area contributed by atoms with Crippen molar-refractivity contribution >= 4 is 17.7 Å². The van der Waals surface area contributed by atoms with Crippen LogP contribution in [0.3, 0.4) is 0 Å². The molecule has 5 nitrogen and oxygen atoms in total. The van der Waals surface area contributed by atoms with E-state index in [1.165, 1.54) is 4.90 Å². The molecule has 0 saturated carbocycles. The summed E-state index contributed by atoms with van der Waals surface area (Å²) < 4.78 is 0. The zero-order valence-corrected chi connectivity index (χ0v) is 14.0. The van der Waals surface area contributed by atoms with Crippen molar-refractivity contribution in [2.75, 3.05) is 18.9 Å². The Labute approximate surface area is 132 Å². The highest BCUT2D eigenvalue weighted by Crippen LogP contribution is 2.32. The van der Waals surface area contributed by atoms with Crippen molar-refractivity contribution in [2.45, 2.75) is 46.0 Å². The second kappa shape index (κ2) is 7.82. The Balaban J connectivity index is 3.00. The molecular weight excluding hydrogens is 280 g/mol. The molecule has 1 aromatic rings. The molecule has 22 heavy (non-hydrogen) atoms. The lowest BCUT2D eigenvalue weighted by molar-refractivity contribution is -0.137. The fraction of sp³-hybridized carbons (Fsp3) is 0.529. The number of carboxylic acids is 1. The van der Waals surface area contributed by atoms with E-state index in [0.717, 1.165) is 16.8 Å². The Morgan fingerprint density at radius 2 is 1.64 bits per heavy atom. The van der Waals surface area contributed by atoms with E-state index in [9.17, 15) is 9.59 Å². The van der Waals surface area contributed by atoms with Gasteiger partial charge in [0.1, 0.15) is 0 Å². The van der Waals surface area contributed by atoms with Crippen LogP contribution in [0.4, 0.5) is 10.5 Å². The third kappa shape index (κ3) is 4.76. The highest BCUT2D eigenvalue weighted by molar-refractivity contribution is 5.91. The van der Waals surface area contributed by atoms with E-state index in [-0.39, 0.29) is 19.0 Å². The number of amides is 2. The quantitative estimate of drug-likeness (QED) is 0.838. The summed E-state index contributed by atoms with van der Waals surface area (Å²) in [6.45, 7) is 8.53. The summed E-state index contributed by atoms with van der Waals surface area (Å²) in [4.78, 5) is 24.3. The molecule has 2 amide bonds. The van der Waals surface area contributed by atoms with Crippen LogP contribution in [0.15, 0.2) is 18.2 Å². The van der Waals surface area contributed by atoms with E-state index >= 15 is 0 Å². The van der Waals surface area contributed by atoms with Gasteiger partial charge in [-0.3, -0.25) is 4.79 Å². The largest absolute Gasteiger partial charge is 0.481 e. The highest BCUT2D eigenvalue weighted by atomic mass is 16.4. The topological polar surface area (TPSA) is 69.6 Å². The van der Waals surface area contributed by atoms with Gasteiger partial charge in [0.2, 0.25) is 0 Å². The van der Waals surface area contributed by atoms with E-state index in [0.29, 0.717) is 11.8 Å². The van der Waals surface area contributed by atoms with Crippen LogP contribution in [0, 0.1) is 0 Å². The molecule has 1 rings (SSSR count). The number of rotatable bonds is 6. The van der Waals surface area contributed by atoms with Crippen LogP contribution < -0.4 is 5.32 Å². The Kier molecular flexibility index (Phi) is 6.40. The summed E-state index contributed by atoms with van der Waals surface area (Å²) in [6, 6.07) is 5.76. The summed E-state index contributed by atoms with van der Waals surface area (Å²) >= 11 is 0. The van der Waals surface area contributed by atoms with Crippen LogP contribution in [-0.2, 0) is 4.79 Å². The monoisotopic (exact) mass is 306 g/mol. The van der Waals surface area contributed by atoms with Crippen molar-refractivity contribution in [1.29, 1.82) is 0 Å². The van der Waals surface area contributed by atoms with Crippen LogP contribution in [0.1, 0.15) is 57.1 Å². The first-order chi connectivity index (χ1) is 10.2. The third-order valence-corrected chi connectivity index (χ3v) is 3.61. The second-order valence-corrected chi connectivity index (χ2v) is 6.12.